The molecule has 0 atom stereocenters. The van der Waals surface area contributed by atoms with E-state index in [1.54, 1.807) is 6.07 Å². The molecule has 1 aliphatic heterocycles. The largest absolute Gasteiger partial charge is 0.377 e. The van der Waals surface area contributed by atoms with E-state index in [0.717, 1.165) is 5.56 Å². The Balaban J connectivity index is 2.46. The summed E-state index contributed by atoms with van der Waals surface area (Å²) in [6.45, 7) is 3.05. The maximum atomic E-state index is 11.0. The molecule has 2 amide bonds. The van der Waals surface area contributed by atoms with Crippen molar-refractivity contribution >= 4 is 6.03 Å². The van der Waals surface area contributed by atoms with Gasteiger partial charge in [0.2, 0.25) is 0 Å². The zero-order chi connectivity index (χ0) is 9.97. The zero-order valence-electron chi connectivity index (χ0n) is 7.86. The molecule has 0 aliphatic carbocycles. The van der Waals surface area contributed by atoms with Crippen LogP contribution in [-0.4, -0.2) is 12.6 Å². The molecule has 1 heterocycles. The van der Waals surface area contributed by atoms with Crippen LogP contribution >= 0.6 is 0 Å². The number of nitrogens with zero attached hydrogens (tertiary/aromatic N) is 2. The molecule has 0 saturated heterocycles. The first-order valence-corrected chi connectivity index (χ1v) is 4.48. The zero-order valence-corrected chi connectivity index (χ0v) is 7.86. The van der Waals surface area contributed by atoms with Crippen LogP contribution in [0.2, 0.25) is 0 Å². The Morgan fingerprint density at radius 3 is 3.00 bits per heavy atom. The van der Waals surface area contributed by atoms with Crippen molar-refractivity contribution in [2.75, 3.05) is 6.61 Å². The summed E-state index contributed by atoms with van der Waals surface area (Å²) in [6, 6.07) is 5.10. The van der Waals surface area contributed by atoms with Crippen molar-refractivity contribution in [3.05, 3.63) is 34.5 Å². The average Bonchev–Trinajstić information content (AvgIpc) is 2.55. The van der Waals surface area contributed by atoms with Crippen LogP contribution in [0.25, 0.3) is 0 Å². The lowest BCUT2D eigenvalue weighted by atomic mass is 10.2. The fraction of sp³-hybridized carbons (Fsp3) is 0.300. The van der Waals surface area contributed by atoms with Gasteiger partial charge in [-0.1, -0.05) is 12.1 Å². The number of benzene rings is 1. The van der Waals surface area contributed by atoms with Gasteiger partial charge in [-0.2, -0.15) is 9.98 Å². The summed E-state index contributed by atoms with van der Waals surface area (Å²) >= 11 is 0. The molecule has 0 bridgehead atoms. The van der Waals surface area contributed by atoms with E-state index in [1.807, 2.05) is 19.1 Å². The van der Waals surface area contributed by atoms with Gasteiger partial charge in [-0.25, -0.2) is 4.79 Å². The molecular weight excluding hydrogens is 180 g/mol. The van der Waals surface area contributed by atoms with Crippen molar-refractivity contribution in [2.45, 2.75) is 13.5 Å². The Bertz CT molecular complexity index is 479. The molecule has 0 unspecified atom stereocenters. The predicted molar refractivity (Wildman–Crippen MR) is 49.5 cm³/mol. The molecule has 72 valence electrons. The topological polar surface area (TPSA) is 51.0 Å². The van der Waals surface area contributed by atoms with E-state index in [-0.39, 0.29) is 0 Å². The predicted octanol–water partition coefficient (Wildman–Crippen LogP) is 0.596. The first-order chi connectivity index (χ1) is 6.81. The van der Waals surface area contributed by atoms with Crippen molar-refractivity contribution < 1.29 is 9.53 Å². The summed E-state index contributed by atoms with van der Waals surface area (Å²) in [5.74, 6) is 0. The van der Waals surface area contributed by atoms with Gasteiger partial charge in [0.1, 0.15) is 5.36 Å². The molecule has 1 aromatic carbocycles. The third kappa shape index (κ3) is 1.56. The van der Waals surface area contributed by atoms with Gasteiger partial charge in [-0.3, -0.25) is 0 Å². The quantitative estimate of drug-likeness (QED) is 0.700. The number of carbonyl (C=O) groups excluding carboxylic acids is 1. The molecule has 0 N–H and O–H groups in total. The Kier molecular flexibility index (Phi) is 2.37. The fourth-order valence-corrected chi connectivity index (χ4v) is 1.35. The number of hydrogen-bond donors (Lipinski definition) is 0. The average molecular weight is 190 g/mol. The van der Waals surface area contributed by atoms with E-state index in [1.165, 1.54) is 0 Å². The second-order valence-corrected chi connectivity index (χ2v) is 2.93. The highest BCUT2D eigenvalue weighted by Gasteiger charge is 2.07. The number of amides is 2. The van der Waals surface area contributed by atoms with Crippen molar-refractivity contribution in [3.8, 4) is 0 Å². The number of fused-ring (bicyclic) bond motifs is 1. The summed E-state index contributed by atoms with van der Waals surface area (Å²) in [5, 5.41) is 1.30. The standard InChI is InChI=1S/C10H10N2O2/c1-2-14-6-7-4-3-5-8-9(7)12-10(13)11-8/h3-5H,2,6H2,1H3. The summed E-state index contributed by atoms with van der Waals surface area (Å²) in [6.07, 6.45) is 0. The summed E-state index contributed by atoms with van der Waals surface area (Å²) < 4.78 is 5.27. The van der Waals surface area contributed by atoms with Gasteiger partial charge in [0.25, 0.3) is 0 Å². The van der Waals surface area contributed by atoms with Crippen LogP contribution < -0.4 is 10.7 Å². The van der Waals surface area contributed by atoms with Crippen molar-refractivity contribution in [3.63, 3.8) is 0 Å². The van der Waals surface area contributed by atoms with Gasteiger partial charge >= 0.3 is 6.03 Å². The van der Waals surface area contributed by atoms with Crippen LogP contribution in [0.15, 0.2) is 28.2 Å². The first kappa shape index (κ1) is 9.02. The van der Waals surface area contributed by atoms with Crippen LogP contribution in [0, 0.1) is 0 Å². The van der Waals surface area contributed by atoms with Crippen LogP contribution in [0.5, 0.6) is 0 Å². The van der Waals surface area contributed by atoms with Gasteiger partial charge in [-0.05, 0) is 13.0 Å². The van der Waals surface area contributed by atoms with E-state index >= 15 is 0 Å². The Morgan fingerprint density at radius 1 is 1.36 bits per heavy atom. The van der Waals surface area contributed by atoms with Crippen molar-refractivity contribution in [1.82, 2.24) is 0 Å². The monoisotopic (exact) mass is 190 g/mol. The molecule has 0 saturated carbocycles. The lowest BCUT2D eigenvalue weighted by Crippen LogP contribution is -2.26. The van der Waals surface area contributed by atoms with Crippen LogP contribution in [0.4, 0.5) is 4.79 Å². The summed E-state index contributed by atoms with van der Waals surface area (Å²) in [5.41, 5.74) is 0.916. The molecule has 2 rings (SSSR count). The number of ether oxygens (including phenoxy) is 1. The van der Waals surface area contributed by atoms with Crippen LogP contribution in [0.1, 0.15) is 12.5 Å². The van der Waals surface area contributed by atoms with Crippen LogP contribution in [0.3, 0.4) is 0 Å². The molecule has 0 spiro atoms. The summed E-state index contributed by atoms with van der Waals surface area (Å²) in [4.78, 5) is 18.5. The number of carbonyl (C=O) groups is 1. The first-order valence-electron chi connectivity index (χ1n) is 4.48. The van der Waals surface area contributed by atoms with Crippen LogP contribution in [-0.2, 0) is 11.3 Å². The molecule has 4 heteroatoms. The minimum absolute atomic E-state index is 0.427. The van der Waals surface area contributed by atoms with E-state index in [9.17, 15) is 4.79 Å². The van der Waals surface area contributed by atoms with E-state index in [0.29, 0.717) is 23.9 Å². The Morgan fingerprint density at radius 2 is 2.21 bits per heavy atom. The Hall–Kier alpha value is -1.55. The lowest BCUT2D eigenvalue weighted by molar-refractivity contribution is 0.133. The molecule has 0 radical (unpaired) electrons. The SMILES string of the molecule is CCOCc1cccc2c1=NC(=O)N=2. The molecule has 0 aromatic heterocycles. The van der Waals surface area contributed by atoms with E-state index in [2.05, 4.69) is 9.98 Å². The van der Waals surface area contributed by atoms with E-state index < -0.39 is 6.03 Å². The molecule has 0 fully saturated rings. The molecule has 4 nitrogen and oxygen atoms in total. The third-order valence-corrected chi connectivity index (χ3v) is 1.98. The van der Waals surface area contributed by atoms with E-state index in [4.69, 9.17) is 4.74 Å². The molecule has 14 heavy (non-hydrogen) atoms. The number of rotatable bonds is 3. The van der Waals surface area contributed by atoms with Gasteiger partial charge < -0.3 is 4.74 Å². The normalized spacial score (nSPS) is 13.4. The number of urea groups is 1. The van der Waals surface area contributed by atoms with Gasteiger partial charge in [0.15, 0.2) is 0 Å². The second-order valence-electron chi connectivity index (χ2n) is 2.93. The molecular formula is C10H10N2O2. The highest BCUT2D eigenvalue weighted by molar-refractivity contribution is 5.77. The van der Waals surface area contributed by atoms with Gasteiger partial charge in [0.05, 0.1) is 12.0 Å². The Labute approximate surface area is 81.0 Å². The summed E-state index contributed by atoms with van der Waals surface area (Å²) in [7, 11) is 0. The molecule has 1 aromatic rings. The molecule has 1 aliphatic rings. The highest BCUT2D eigenvalue weighted by Crippen LogP contribution is 1.95. The maximum Gasteiger partial charge on any atom is 0.368 e. The minimum atomic E-state index is -0.427. The fourth-order valence-electron chi connectivity index (χ4n) is 1.35. The highest BCUT2D eigenvalue weighted by atomic mass is 16.5. The third-order valence-electron chi connectivity index (χ3n) is 1.98. The van der Waals surface area contributed by atoms with Crippen molar-refractivity contribution in [1.29, 1.82) is 0 Å². The number of hydrogen-bond acceptors (Lipinski definition) is 2. The number of para-hydroxylation sites is 1. The van der Waals surface area contributed by atoms with Gasteiger partial charge in [0, 0.05) is 12.2 Å². The lowest BCUT2D eigenvalue weighted by Gasteiger charge is -1.99. The van der Waals surface area contributed by atoms with Gasteiger partial charge in [-0.15, -0.1) is 0 Å². The van der Waals surface area contributed by atoms with Crippen molar-refractivity contribution in [2.24, 2.45) is 9.98 Å². The maximum absolute atomic E-state index is 11.0. The smallest absolute Gasteiger partial charge is 0.368 e. The second kappa shape index (κ2) is 3.67. The minimum Gasteiger partial charge on any atom is -0.377 e.